The van der Waals surface area contributed by atoms with Crippen molar-refractivity contribution in [3.63, 3.8) is 0 Å². The topological polar surface area (TPSA) is 15.3 Å². The van der Waals surface area contributed by atoms with Gasteiger partial charge >= 0.3 is 0 Å². The smallest absolute Gasteiger partial charge is 0.0451 e. The van der Waals surface area contributed by atoms with Crippen molar-refractivity contribution in [3.8, 4) is 0 Å². The third-order valence-corrected chi connectivity index (χ3v) is 4.84. The summed E-state index contributed by atoms with van der Waals surface area (Å²) in [5, 5.41) is 4.29. The molecule has 0 aromatic heterocycles. The number of hydrogen-bond acceptors (Lipinski definition) is 2. The van der Waals surface area contributed by atoms with Crippen molar-refractivity contribution in [2.75, 3.05) is 27.2 Å². The molecule has 0 aliphatic heterocycles. The Hall–Kier alpha value is -0.570. The van der Waals surface area contributed by atoms with Crippen LogP contribution in [0.25, 0.3) is 0 Å². The fraction of sp³-hybridized carbons (Fsp3) is 0.647. The monoisotopic (exact) mass is 294 g/mol. The lowest BCUT2D eigenvalue weighted by Gasteiger charge is -2.40. The second-order valence-corrected chi connectivity index (χ2v) is 6.76. The molecule has 0 unspecified atom stereocenters. The van der Waals surface area contributed by atoms with Gasteiger partial charge in [0.2, 0.25) is 0 Å². The number of nitrogens with zero attached hydrogens (tertiary/aromatic N) is 1. The van der Waals surface area contributed by atoms with Gasteiger partial charge in [0.15, 0.2) is 0 Å². The Morgan fingerprint density at radius 2 is 1.90 bits per heavy atom. The highest BCUT2D eigenvalue weighted by Crippen LogP contribution is 2.36. The highest BCUT2D eigenvalue weighted by Gasteiger charge is 2.32. The molecule has 1 fully saturated rings. The summed E-state index contributed by atoms with van der Waals surface area (Å²) < 4.78 is 0. The van der Waals surface area contributed by atoms with E-state index in [1.54, 1.807) is 0 Å². The first kappa shape index (κ1) is 15.8. The molecule has 1 aliphatic carbocycles. The highest BCUT2D eigenvalue weighted by atomic mass is 35.5. The van der Waals surface area contributed by atoms with Gasteiger partial charge in [-0.25, -0.2) is 0 Å². The van der Waals surface area contributed by atoms with Crippen molar-refractivity contribution in [1.29, 1.82) is 0 Å². The number of rotatable bonds is 6. The molecule has 20 heavy (non-hydrogen) atoms. The predicted molar refractivity (Wildman–Crippen MR) is 87.2 cm³/mol. The van der Waals surface area contributed by atoms with Crippen LogP contribution in [0, 0.1) is 5.41 Å². The van der Waals surface area contributed by atoms with E-state index in [0.717, 1.165) is 24.7 Å². The Bertz CT molecular complexity index is 408. The van der Waals surface area contributed by atoms with Gasteiger partial charge < -0.3 is 10.2 Å². The molecule has 1 aliphatic rings. The van der Waals surface area contributed by atoms with Crippen LogP contribution in [0.2, 0.25) is 5.02 Å². The predicted octanol–water partition coefficient (Wildman–Crippen LogP) is 3.94. The van der Waals surface area contributed by atoms with Crippen molar-refractivity contribution in [1.82, 2.24) is 10.2 Å². The molecule has 1 aromatic rings. The first-order chi connectivity index (χ1) is 9.65. The van der Waals surface area contributed by atoms with Gasteiger partial charge in [-0.05, 0) is 44.0 Å². The Kier molecular flexibility index (Phi) is 5.88. The molecule has 0 radical (unpaired) electrons. The average Bonchev–Trinajstić information content (AvgIpc) is 2.42. The second-order valence-electron chi connectivity index (χ2n) is 6.35. The van der Waals surface area contributed by atoms with Gasteiger partial charge in [0.05, 0.1) is 0 Å². The Morgan fingerprint density at radius 3 is 2.55 bits per heavy atom. The normalized spacial score (nSPS) is 18.4. The lowest BCUT2D eigenvalue weighted by molar-refractivity contribution is 0.116. The number of halogens is 1. The summed E-state index contributed by atoms with van der Waals surface area (Å²) in [6.07, 6.45) is 6.85. The van der Waals surface area contributed by atoms with E-state index in [-0.39, 0.29) is 0 Å². The summed E-state index contributed by atoms with van der Waals surface area (Å²) in [6, 6.07) is 8.17. The van der Waals surface area contributed by atoms with Crippen LogP contribution in [-0.4, -0.2) is 32.1 Å². The van der Waals surface area contributed by atoms with Crippen LogP contribution >= 0.6 is 11.6 Å². The molecule has 0 spiro atoms. The molecule has 1 N–H and O–H groups in total. The van der Waals surface area contributed by atoms with Crippen LogP contribution in [0.3, 0.4) is 0 Å². The number of benzene rings is 1. The van der Waals surface area contributed by atoms with Crippen molar-refractivity contribution in [2.24, 2.45) is 5.41 Å². The molecule has 1 saturated carbocycles. The molecule has 0 saturated heterocycles. The van der Waals surface area contributed by atoms with Crippen LogP contribution < -0.4 is 5.32 Å². The van der Waals surface area contributed by atoms with Gasteiger partial charge in [-0.1, -0.05) is 49.1 Å². The third kappa shape index (κ3) is 4.21. The molecule has 112 valence electrons. The zero-order valence-corrected chi connectivity index (χ0v) is 13.5. The van der Waals surface area contributed by atoms with E-state index in [0.29, 0.717) is 5.41 Å². The van der Waals surface area contributed by atoms with Gasteiger partial charge in [-0.2, -0.15) is 0 Å². The molecule has 0 heterocycles. The molecule has 3 heteroatoms. The maximum atomic E-state index is 6.27. The van der Waals surface area contributed by atoms with E-state index < -0.39 is 0 Å². The van der Waals surface area contributed by atoms with Gasteiger partial charge in [-0.3, -0.25) is 0 Å². The van der Waals surface area contributed by atoms with Crippen LogP contribution in [0.5, 0.6) is 0 Å². The Labute approximate surface area is 128 Å². The maximum absolute atomic E-state index is 6.27. The highest BCUT2D eigenvalue weighted by molar-refractivity contribution is 6.31. The maximum Gasteiger partial charge on any atom is 0.0451 e. The quantitative estimate of drug-likeness (QED) is 0.855. The van der Waals surface area contributed by atoms with Crippen LogP contribution in [0.1, 0.15) is 37.7 Å². The van der Waals surface area contributed by atoms with Crippen LogP contribution in [0.15, 0.2) is 24.3 Å². The summed E-state index contributed by atoms with van der Waals surface area (Å²) in [4.78, 5) is 2.43. The van der Waals surface area contributed by atoms with Crippen LogP contribution in [0.4, 0.5) is 0 Å². The zero-order chi connectivity index (χ0) is 14.4. The summed E-state index contributed by atoms with van der Waals surface area (Å²) >= 11 is 6.27. The minimum Gasteiger partial charge on any atom is -0.319 e. The van der Waals surface area contributed by atoms with Crippen molar-refractivity contribution < 1.29 is 0 Å². The minimum atomic E-state index is 0.447. The van der Waals surface area contributed by atoms with E-state index in [9.17, 15) is 0 Å². The van der Waals surface area contributed by atoms with Gasteiger partial charge in [0.25, 0.3) is 0 Å². The fourth-order valence-electron chi connectivity index (χ4n) is 3.61. The number of nitrogens with one attached hydrogen (secondary N) is 1. The summed E-state index contributed by atoms with van der Waals surface area (Å²) in [6.45, 7) is 3.21. The van der Waals surface area contributed by atoms with Crippen molar-refractivity contribution in [2.45, 2.75) is 38.6 Å². The summed E-state index contributed by atoms with van der Waals surface area (Å²) in [5.74, 6) is 0. The summed E-state index contributed by atoms with van der Waals surface area (Å²) in [7, 11) is 4.29. The largest absolute Gasteiger partial charge is 0.319 e. The first-order valence-corrected chi connectivity index (χ1v) is 8.10. The molecule has 0 amide bonds. The average molecular weight is 295 g/mol. The lowest BCUT2D eigenvalue weighted by Crippen LogP contribution is -2.43. The lowest BCUT2D eigenvalue weighted by atomic mass is 9.73. The van der Waals surface area contributed by atoms with Gasteiger partial charge in [-0.15, -0.1) is 0 Å². The zero-order valence-electron chi connectivity index (χ0n) is 12.8. The van der Waals surface area contributed by atoms with Gasteiger partial charge in [0, 0.05) is 24.7 Å². The van der Waals surface area contributed by atoms with E-state index in [1.807, 2.05) is 12.1 Å². The fourth-order valence-corrected chi connectivity index (χ4v) is 3.81. The third-order valence-electron chi connectivity index (χ3n) is 4.47. The molecule has 2 nitrogen and oxygen atoms in total. The number of hydrogen-bond donors (Lipinski definition) is 1. The molecule has 2 rings (SSSR count). The molecule has 1 aromatic carbocycles. The van der Waals surface area contributed by atoms with Gasteiger partial charge in [0.1, 0.15) is 0 Å². The SMILES string of the molecule is CNCC1(CN(C)Cc2ccccc2Cl)CCCCC1. The summed E-state index contributed by atoms with van der Waals surface area (Å²) in [5.41, 5.74) is 1.68. The Balaban J connectivity index is 1.98. The molecular formula is C17H27ClN2. The molecular weight excluding hydrogens is 268 g/mol. The van der Waals surface area contributed by atoms with E-state index >= 15 is 0 Å². The minimum absolute atomic E-state index is 0.447. The van der Waals surface area contributed by atoms with Crippen molar-refractivity contribution in [3.05, 3.63) is 34.9 Å². The standard InChI is InChI=1S/C17H27ClN2/c1-19-13-17(10-6-3-7-11-17)14-20(2)12-15-8-4-5-9-16(15)18/h4-5,8-9,19H,3,6-7,10-14H2,1-2H3. The first-order valence-electron chi connectivity index (χ1n) is 7.72. The van der Waals surface area contributed by atoms with Crippen LogP contribution in [-0.2, 0) is 6.54 Å². The Morgan fingerprint density at radius 1 is 1.20 bits per heavy atom. The van der Waals surface area contributed by atoms with E-state index in [1.165, 1.54) is 37.7 Å². The molecule has 0 atom stereocenters. The molecule has 0 bridgehead atoms. The van der Waals surface area contributed by atoms with E-state index in [4.69, 9.17) is 11.6 Å². The van der Waals surface area contributed by atoms with E-state index in [2.05, 4.69) is 36.4 Å². The second kappa shape index (κ2) is 7.44. The van der Waals surface area contributed by atoms with Crippen molar-refractivity contribution >= 4 is 11.6 Å².